The number of aromatic hydroxyl groups is 1. The molecule has 0 fully saturated rings. The molecule has 2 aromatic rings. The molecule has 88 valence electrons. The van der Waals surface area contributed by atoms with Gasteiger partial charge < -0.3 is 9.67 Å². The molecular formula is C12H11ClN2O2. The van der Waals surface area contributed by atoms with Gasteiger partial charge in [0.05, 0.1) is 5.52 Å². The number of hydrogen-bond donors (Lipinski definition) is 1. The van der Waals surface area contributed by atoms with Gasteiger partial charge in [-0.2, -0.15) is 0 Å². The maximum absolute atomic E-state index is 10.7. The highest BCUT2D eigenvalue weighted by Crippen LogP contribution is 2.38. The minimum Gasteiger partial charge on any atom is -0.493 e. The molecule has 1 heterocycles. The Bertz CT molecular complexity index is 598. The quantitative estimate of drug-likeness (QED) is 0.841. The first-order chi connectivity index (χ1) is 8.15. The van der Waals surface area contributed by atoms with Crippen molar-refractivity contribution in [3.63, 3.8) is 0 Å². The van der Waals surface area contributed by atoms with Crippen LogP contribution in [0, 0.1) is 4.91 Å². The van der Waals surface area contributed by atoms with Crippen molar-refractivity contribution in [2.24, 2.45) is 5.18 Å². The number of hydrogen-bond acceptors (Lipinski definition) is 3. The number of benzene rings is 1. The number of para-hydroxylation sites is 1. The van der Waals surface area contributed by atoms with Crippen molar-refractivity contribution < 1.29 is 5.11 Å². The third-order valence-corrected chi connectivity index (χ3v) is 2.72. The SMILES string of the molecule is CC(Cl)=CCn1c(O)c(N=O)c2ccccc21. The van der Waals surface area contributed by atoms with Crippen molar-refractivity contribution in [1.82, 2.24) is 4.57 Å². The molecule has 0 saturated heterocycles. The monoisotopic (exact) mass is 250 g/mol. The smallest absolute Gasteiger partial charge is 0.222 e. The van der Waals surface area contributed by atoms with Gasteiger partial charge in [-0.05, 0) is 18.2 Å². The van der Waals surface area contributed by atoms with E-state index in [9.17, 15) is 10.0 Å². The molecule has 0 radical (unpaired) electrons. The third kappa shape index (κ3) is 2.03. The van der Waals surface area contributed by atoms with E-state index >= 15 is 0 Å². The predicted octanol–water partition coefficient (Wildman–Crippen LogP) is 3.89. The standard InChI is InChI=1S/C12H11ClN2O2/c1-8(13)6-7-15-10-5-3-2-4-9(10)11(14-17)12(15)16/h2-6,16H,7H2,1H3. The van der Waals surface area contributed by atoms with Crippen LogP contribution in [0.15, 0.2) is 40.6 Å². The van der Waals surface area contributed by atoms with Crippen LogP contribution in [0.2, 0.25) is 0 Å². The van der Waals surface area contributed by atoms with Crippen molar-refractivity contribution in [2.75, 3.05) is 0 Å². The van der Waals surface area contributed by atoms with Gasteiger partial charge in [0.15, 0.2) is 5.69 Å². The lowest BCUT2D eigenvalue weighted by Crippen LogP contribution is -1.93. The molecule has 1 aromatic heterocycles. The summed E-state index contributed by atoms with van der Waals surface area (Å²) < 4.78 is 1.60. The molecule has 0 aliphatic rings. The first-order valence-electron chi connectivity index (χ1n) is 5.11. The molecular weight excluding hydrogens is 240 g/mol. The minimum absolute atomic E-state index is 0.0706. The number of nitrogens with zero attached hydrogens (tertiary/aromatic N) is 2. The Morgan fingerprint density at radius 1 is 1.53 bits per heavy atom. The van der Waals surface area contributed by atoms with Gasteiger partial charge in [-0.1, -0.05) is 35.9 Å². The number of fused-ring (bicyclic) bond motifs is 1. The molecule has 1 N–H and O–H groups in total. The predicted molar refractivity (Wildman–Crippen MR) is 68.7 cm³/mol. The second-order valence-corrected chi connectivity index (χ2v) is 4.28. The second kappa shape index (κ2) is 4.59. The maximum Gasteiger partial charge on any atom is 0.222 e. The summed E-state index contributed by atoms with van der Waals surface area (Å²) >= 11 is 5.75. The summed E-state index contributed by atoms with van der Waals surface area (Å²) in [5.41, 5.74) is 0.829. The van der Waals surface area contributed by atoms with Crippen LogP contribution >= 0.6 is 11.6 Å². The van der Waals surface area contributed by atoms with Gasteiger partial charge in [0.2, 0.25) is 5.88 Å². The topological polar surface area (TPSA) is 54.6 Å². The molecule has 0 aliphatic heterocycles. The van der Waals surface area contributed by atoms with E-state index in [-0.39, 0.29) is 11.6 Å². The first-order valence-corrected chi connectivity index (χ1v) is 5.48. The Morgan fingerprint density at radius 3 is 2.88 bits per heavy atom. The summed E-state index contributed by atoms with van der Waals surface area (Å²) in [5, 5.41) is 14.1. The van der Waals surface area contributed by atoms with Crippen LogP contribution in [-0.4, -0.2) is 9.67 Å². The molecule has 0 bridgehead atoms. The summed E-state index contributed by atoms with van der Waals surface area (Å²) in [5.74, 6) is -0.129. The third-order valence-electron chi connectivity index (χ3n) is 2.56. The average molecular weight is 251 g/mol. The average Bonchev–Trinajstić information content (AvgIpc) is 2.58. The summed E-state index contributed by atoms with van der Waals surface area (Å²) in [6, 6.07) is 7.20. The Hall–Kier alpha value is -1.81. The van der Waals surface area contributed by atoms with E-state index in [2.05, 4.69) is 5.18 Å². The fourth-order valence-electron chi connectivity index (χ4n) is 1.76. The summed E-state index contributed by atoms with van der Waals surface area (Å²) in [6.45, 7) is 2.15. The molecule has 0 atom stereocenters. The zero-order valence-electron chi connectivity index (χ0n) is 9.22. The van der Waals surface area contributed by atoms with E-state index in [4.69, 9.17) is 11.6 Å². The number of aromatic nitrogens is 1. The fourth-order valence-corrected chi connectivity index (χ4v) is 1.83. The Balaban J connectivity index is 2.65. The van der Waals surface area contributed by atoms with Crippen LogP contribution < -0.4 is 0 Å². The zero-order chi connectivity index (χ0) is 12.4. The van der Waals surface area contributed by atoms with Gasteiger partial charge in [0, 0.05) is 17.0 Å². The van der Waals surface area contributed by atoms with Gasteiger partial charge >= 0.3 is 0 Å². The summed E-state index contributed by atoms with van der Waals surface area (Å²) in [6.07, 6.45) is 1.75. The van der Waals surface area contributed by atoms with Gasteiger partial charge in [-0.25, -0.2) is 0 Å². The highest BCUT2D eigenvalue weighted by atomic mass is 35.5. The van der Waals surface area contributed by atoms with Crippen molar-refractivity contribution in [2.45, 2.75) is 13.5 Å². The van der Waals surface area contributed by atoms with E-state index in [1.807, 2.05) is 12.1 Å². The van der Waals surface area contributed by atoms with Crippen molar-refractivity contribution in [3.8, 4) is 5.88 Å². The first kappa shape index (κ1) is 11.7. The summed E-state index contributed by atoms with van der Waals surface area (Å²) in [4.78, 5) is 10.7. The van der Waals surface area contributed by atoms with Gasteiger partial charge in [-0.3, -0.25) is 0 Å². The number of nitroso groups, excluding NO2 is 1. The van der Waals surface area contributed by atoms with Crippen molar-refractivity contribution >= 4 is 28.2 Å². The molecule has 1 aromatic carbocycles. The molecule has 17 heavy (non-hydrogen) atoms. The van der Waals surface area contributed by atoms with E-state index in [1.54, 1.807) is 29.7 Å². The Labute approximate surface area is 103 Å². The van der Waals surface area contributed by atoms with Crippen LogP contribution in [0.4, 0.5) is 5.69 Å². The maximum atomic E-state index is 10.7. The normalized spacial score (nSPS) is 12.0. The fraction of sp³-hybridized carbons (Fsp3) is 0.167. The molecule has 2 rings (SSSR count). The zero-order valence-corrected chi connectivity index (χ0v) is 9.98. The van der Waals surface area contributed by atoms with Gasteiger partial charge in [-0.15, -0.1) is 4.91 Å². The highest BCUT2D eigenvalue weighted by molar-refractivity contribution is 6.29. The molecule has 0 unspecified atom stereocenters. The van der Waals surface area contributed by atoms with E-state index in [0.717, 1.165) is 5.52 Å². The van der Waals surface area contributed by atoms with E-state index in [0.29, 0.717) is 17.0 Å². The van der Waals surface area contributed by atoms with E-state index < -0.39 is 0 Å². The van der Waals surface area contributed by atoms with Crippen molar-refractivity contribution in [1.29, 1.82) is 0 Å². The lowest BCUT2D eigenvalue weighted by molar-refractivity contribution is 0.431. The van der Waals surface area contributed by atoms with Crippen LogP contribution in [0.3, 0.4) is 0 Å². The highest BCUT2D eigenvalue weighted by Gasteiger charge is 2.15. The molecule has 0 saturated carbocycles. The van der Waals surface area contributed by atoms with Crippen molar-refractivity contribution in [3.05, 3.63) is 40.3 Å². The molecule has 0 aliphatic carbocycles. The molecule has 0 amide bonds. The lowest BCUT2D eigenvalue weighted by atomic mass is 10.2. The number of allylic oxidation sites excluding steroid dienone is 2. The lowest BCUT2D eigenvalue weighted by Gasteiger charge is -2.02. The Kier molecular flexibility index (Phi) is 3.15. The number of rotatable bonds is 3. The van der Waals surface area contributed by atoms with Crippen LogP contribution in [0.1, 0.15) is 6.92 Å². The summed E-state index contributed by atoms with van der Waals surface area (Å²) in [7, 11) is 0. The molecule has 0 spiro atoms. The van der Waals surface area contributed by atoms with Crippen LogP contribution in [0.5, 0.6) is 5.88 Å². The van der Waals surface area contributed by atoms with Gasteiger partial charge in [0.1, 0.15) is 0 Å². The van der Waals surface area contributed by atoms with Crippen LogP contribution in [0.25, 0.3) is 10.9 Å². The molecule has 4 nitrogen and oxygen atoms in total. The minimum atomic E-state index is -0.129. The van der Waals surface area contributed by atoms with Crippen LogP contribution in [-0.2, 0) is 6.54 Å². The largest absolute Gasteiger partial charge is 0.493 e. The second-order valence-electron chi connectivity index (χ2n) is 3.68. The number of halogens is 1. The van der Waals surface area contributed by atoms with Gasteiger partial charge in [0.25, 0.3) is 0 Å². The Morgan fingerprint density at radius 2 is 2.24 bits per heavy atom. The molecule has 5 heteroatoms. The van der Waals surface area contributed by atoms with E-state index in [1.165, 1.54) is 0 Å².